The third kappa shape index (κ3) is 5.16. The fourth-order valence-electron chi connectivity index (χ4n) is 2.81. The van der Waals surface area contributed by atoms with Crippen LogP contribution in [0.15, 0.2) is 65.5 Å². The summed E-state index contributed by atoms with van der Waals surface area (Å²) < 4.78 is 5.69. The van der Waals surface area contributed by atoms with E-state index in [0.29, 0.717) is 17.7 Å². The van der Waals surface area contributed by atoms with Crippen molar-refractivity contribution in [3.8, 4) is 5.75 Å². The molecule has 0 atom stereocenters. The Bertz CT molecular complexity index is 995. The van der Waals surface area contributed by atoms with Gasteiger partial charge in [-0.2, -0.15) is 5.10 Å². The molecule has 144 valence electrons. The molecule has 1 heterocycles. The molecule has 0 fully saturated rings. The Morgan fingerprint density at radius 1 is 1.04 bits per heavy atom. The molecule has 0 aliphatic rings. The number of aromatic amines is 1. The molecule has 3 aromatic rings. The van der Waals surface area contributed by atoms with Gasteiger partial charge in [-0.25, -0.2) is 5.10 Å². The van der Waals surface area contributed by atoms with Crippen LogP contribution in [0.3, 0.4) is 0 Å². The summed E-state index contributed by atoms with van der Waals surface area (Å²) in [6.45, 7) is 6.41. The minimum atomic E-state index is -0.227. The lowest BCUT2D eigenvalue weighted by Gasteiger charge is -2.19. The van der Waals surface area contributed by atoms with Crippen LogP contribution in [0.1, 0.15) is 48.0 Å². The number of carbonyl (C=O) groups is 1. The van der Waals surface area contributed by atoms with Gasteiger partial charge >= 0.3 is 0 Å². The van der Waals surface area contributed by atoms with Crippen LogP contribution < -0.4 is 10.3 Å². The first kappa shape index (κ1) is 19.5. The average Bonchev–Trinajstić information content (AvgIpc) is 2.68. The first-order chi connectivity index (χ1) is 13.3. The fourth-order valence-corrected chi connectivity index (χ4v) is 2.81. The molecule has 2 aromatic carbocycles. The minimum Gasteiger partial charge on any atom is -0.485 e. The van der Waals surface area contributed by atoms with Crippen LogP contribution in [0.25, 0.3) is 0 Å². The second-order valence-electron chi connectivity index (χ2n) is 7.78. The molecule has 0 radical (unpaired) electrons. The number of ketones is 1. The number of H-pyrrole nitrogens is 1. The highest BCUT2D eigenvalue weighted by atomic mass is 16.5. The average molecular weight is 376 g/mol. The van der Waals surface area contributed by atoms with Crippen molar-refractivity contribution < 1.29 is 9.53 Å². The number of rotatable bonds is 6. The fraction of sp³-hybridized carbons (Fsp3) is 0.261. The molecule has 1 aromatic heterocycles. The van der Waals surface area contributed by atoms with Crippen LogP contribution in [0, 0.1) is 0 Å². The van der Waals surface area contributed by atoms with E-state index in [2.05, 4.69) is 31.0 Å². The number of benzene rings is 2. The number of carbonyl (C=O) groups excluding carboxylic acids is 1. The van der Waals surface area contributed by atoms with Crippen molar-refractivity contribution in [3.63, 3.8) is 0 Å². The van der Waals surface area contributed by atoms with Gasteiger partial charge in [0.1, 0.15) is 5.75 Å². The molecule has 0 bridgehead atoms. The molecule has 5 heteroatoms. The summed E-state index contributed by atoms with van der Waals surface area (Å²) in [6, 6.07) is 18.3. The Labute approximate surface area is 164 Å². The summed E-state index contributed by atoms with van der Waals surface area (Å²) in [7, 11) is 0. The summed E-state index contributed by atoms with van der Waals surface area (Å²) >= 11 is 0. The van der Waals surface area contributed by atoms with Gasteiger partial charge in [-0.15, -0.1) is 0 Å². The van der Waals surface area contributed by atoms with Gasteiger partial charge in [-0.3, -0.25) is 9.59 Å². The van der Waals surface area contributed by atoms with Gasteiger partial charge < -0.3 is 4.74 Å². The maximum Gasteiger partial charge on any atom is 0.264 e. The number of hydrogen-bond acceptors (Lipinski definition) is 4. The molecule has 0 unspecified atom stereocenters. The zero-order valence-corrected chi connectivity index (χ0v) is 16.4. The highest BCUT2D eigenvalue weighted by molar-refractivity contribution is 5.97. The SMILES string of the molecule is CC(C)(C)c1ccc(C(=O)COc2cccc(Cc3ccc(=O)[nH]n3)c2)cc1. The van der Waals surface area contributed by atoms with Gasteiger partial charge in [0.2, 0.25) is 0 Å². The molecule has 0 aliphatic heterocycles. The van der Waals surface area contributed by atoms with Crippen LogP contribution in [-0.2, 0) is 11.8 Å². The zero-order chi connectivity index (χ0) is 20.1. The molecule has 28 heavy (non-hydrogen) atoms. The van der Waals surface area contributed by atoms with Gasteiger partial charge in [0.25, 0.3) is 5.56 Å². The van der Waals surface area contributed by atoms with E-state index >= 15 is 0 Å². The highest BCUT2D eigenvalue weighted by Gasteiger charge is 2.14. The number of nitrogens with one attached hydrogen (secondary N) is 1. The van der Waals surface area contributed by atoms with E-state index in [0.717, 1.165) is 11.3 Å². The van der Waals surface area contributed by atoms with Crippen molar-refractivity contribution in [1.82, 2.24) is 10.2 Å². The van der Waals surface area contributed by atoms with Crippen molar-refractivity contribution in [1.29, 1.82) is 0 Å². The van der Waals surface area contributed by atoms with E-state index in [4.69, 9.17) is 4.74 Å². The van der Waals surface area contributed by atoms with Crippen molar-refractivity contribution in [2.45, 2.75) is 32.6 Å². The molecule has 0 aliphatic carbocycles. The minimum absolute atomic E-state index is 0.0186. The number of Topliss-reactive ketones (excluding diaryl/α,β-unsaturated/α-hetero) is 1. The third-order valence-electron chi connectivity index (χ3n) is 4.46. The summed E-state index contributed by atoms with van der Waals surface area (Å²) in [5.74, 6) is 0.565. The normalized spacial score (nSPS) is 11.2. The Balaban J connectivity index is 1.62. The Hall–Kier alpha value is -3.21. The number of nitrogens with zero attached hydrogens (tertiary/aromatic N) is 1. The van der Waals surface area contributed by atoms with E-state index < -0.39 is 0 Å². The van der Waals surface area contributed by atoms with E-state index in [1.165, 1.54) is 11.6 Å². The highest BCUT2D eigenvalue weighted by Crippen LogP contribution is 2.22. The van der Waals surface area contributed by atoms with E-state index in [9.17, 15) is 9.59 Å². The van der Waals surface area contributed by atoms with E-state index in [-0.39, 0.29) is 23.4 Å². The Kier molecular flexibility index (Phi) is 5.73. The topological polar surface area (TPSA) is 72.1 Å². The van der Waals surface area contributed by atoms with Crippen molar-refractivity contribution in [2.24, 2.45) is 0 Å². The van der Waals surface area contributed by atoms with Crippen molar-refractivity contribution in [3.05, 3.63) is 93.4 Å². The molecule has 0 saturated heterocycles. The molecule has 5 nitrogen and oxygen atoms in total. The maximum atomic E-state index is 12.4. The second kappa shape index (κ2) is 8.21. The lowest BCUT2D eigenvalue weighted by Crippen LogP contribution is -2.14. The first-order valence-electron chi connectivity index (χ1n) is 9.21. The Morgan fingerprint density at radius 3 is 2.43 bits per heavy atom. The lowest BCUT2D eigenvalue weighted by atomic mass is 9.86. The number of aromatic nitrogens is 2. The van der Waals surface area contributed by atoms with Crippen LogP contribution in [0.5, 0.6) is 5.75 Å². The summed E-state index contributed by atoms with van der Waals surface area (Å²) in [5.41, 5.74) is 3.40. The molecule has 0 saturated carbocycles. The smallest absolute Gasteiger partial charge is 0.264 e. The summed E-state index contributed by atoms with van der Waals surface area (Å²) in [6.07, 6.45) is 0.566. The van der Waals surface area contributed by atoms with Gasteiger partial charge in [-0.05, 0) is 34.7 Å². The number of hydrogen-bond donors (Lipinski definition) is 1. The maximum absolute atomic E-state index is 12.4. The molecular weight excluding hydrogens is 352 g/mol. The molecule has 3 rings (SSSR count). The van der Waals surface area contributed by atoms with Crippen LogP contribution in [0.2, 0.25) is 0 Å². The van der Waals surface area contributed by atoms with Gasteiger partial charge in [0.05, 0.1) is 5.69 Å². The predicted molar refractivity (Wildman–Crippen MR) is 109 cm³/mol. The van der Waals surface area contributed by atoms with E-state index in [1.54, 1.807) is 6.07 Å². The second-order valence-corrected chi connectivity index (χ2v) is 7.78. The zero-order valence-electron chi connectivity index (χ0n) is 16.4. The van der Waals surface area contributed by atoms with Crippen LogP contribution in [0.4, 0.5) is 0 Å². The van der Waals surface area contributed by atoms with E-state index in [1.807, 2.05) is 48.5 Å². The largest absolute Gasteiger partial charge is 0.485 e. The van der Waals surface area contributed by atoms with Gasteiger partial charge in [-0.1, -0.05) is 57.2 Å². The van der Waals surface area contributed by atoms with Crippen LogP contribution in [-0.4, -0.2) is 22.6 Å². The number of ether oxygens (including phenoxy) is 1. The standard InChI is InChI=1S/C23H24N2O3/c1-23(2,3)18-9-7-17(8-10-18)21(26)15-28-20-6-4-5-16(14-20)13-19-11-12-22(27)25-24-19/h4-12,14H,13,15H2,1-3H3,(H,25,27). The van der Waals surface area contributed by atoms with Gasteiger partial charge in [0, 0.05) is 18.1 Å². The lowest BCUT2D eigenvalue weighted by molar-refractivity contribution is 0.0921. The molecule has 1 N–H and O–H groups in total. The van der Waals surface area contributed by atoms with Crippen LogP contribution >= 0.6 is 0 Å². The summed E-state index contributed by atoms with van der Waals surface area (Å²) in [5, 5.41) is 6.43. The quantitative estimate of drug-likeness (QED) is 0.662. The monoisotopic (exact) mass is 376 g/mol. The molecule has 0 spiro atoms. The van der Waals surface area contributed by atoms with Gasteiger partial charge in [0.15, 0.2) is 12.4 Å². The third-order valence-corrected chi connectivity index (χ3v) is 4.46. The summed E-state index contributed by atoms with van der Waals surface area (Å²) in [4.78, 5) is 23.5. The first-order valence-corrected chi connectivity index (χ1v) is 9.21. The Morgan fingerprint density at radius 2 is 1.79 bits per heavy atom. The molecule has 0 amide bonds. The van der Waals surface area contributed by atoms with Crippen molar-refractivity contribution in [2.75, 3.05) is 6.61 Å². The molecular formula is C23H24N2O3. The predicted octanol–water partition coefficient (Wildman–Crippen LogP) is 3.92. The van der Waals surface area contributed by atoms with Crippen molar-refractivity contribution >= 4 is 5.78 Å².